The second-order valence-corrected chi connectivity index (χ2v) is 3.71. The Balaban J connectivity index is 2.17. The summed E-state index contributed by atoms with van der Waals surface area (Å²) in [4.78, 5) is 13.6. The monoisotopic (exact) mass is 192 g/mol. The lowest BCUT2D eigenvalue weighted by Gasteiger charge is -2.28. The summed E-state index contributed by atoms with van der Waals surface area (Å²) in [5.74, 6) is 0.297. The maximum atomic E-state index is 11.6. The summed E-state index contributed by atoms with van der Waals surface area (Å²) in [5, 5.41) is 0. The molecule has 0 radical (unpaired) electrons. The van der Waals surface area contributed by atoms with E-state index in [1.165, 1.54) is 0 Å². The van der Waals surface area contributed by atoms with Crippen LogP contribution in [0.3, 0.4) is 0 Å². The van der Waals surface area contributed by atoms with E-state index in [0.717, 1.165) is 25.8 Å². The number of rotatable bonds is 3. The number of hydrogen-bond donors (Lipinski definition) is 0. The third-order valence-corrected chi connectivity index (χ3v) is 2.81. The zero-order chi connectivity index (χ0) is 9.97. The van der Waals surface area contributed by atoms with E-state index in [1.807, 2.05) is 29.4 Å². The molecule has 0 aliphatic carbocycles. The van der Waals surface area contributed by atoms with Gasteiger partial charge >= 0.3 is 0 Å². The number of carbonyl (C=O) groups is 1. The zero-order valence-corrected chi connectivity index (χ0v) is 8.52. The van der Waals surface area contributed by atoms with Gasteiger partial charge in [0.25, 0.3) is 0 Å². The first-order valence-corrected chi connectivity index (χ1v) is 5.25. The van der Waals surface area contributed by atoms with Crippen molar-refractivity contribution in [3.8, 4) is 0 Å². The lowest BCUT2D eigenvalue weighted by Crippen LogP contribution is -2.32. The Morgan fingerprint density at radius 2 is 2.14 bits per heavy atom. The topological polar surface area (TPSA) is 25.2 Å². The van der Waals surface area contributed by atoms with Gasteiger partial charge in [0.1, 0.15) is 6.17 Å². The van der Waals surface area contributed by atoms with E-state index in [1.54, 1.807) is 0 Å². The highest BCUT2D eigenvalue weighted by Crippen LogP contribution is 2.23. The summed E-state index contributed by atoms with van der Waals surface area (Å²) in [6.45, 7) is 3.03. The van der Waals surface area contributed by atoms with Gasteiger partial charge in [0.05, 0.1) is 0 Å². The Morgan fingerprint density at radius 1 is 1.43 bits per heavy atom. The van der Waals surface area contributed by atoms with Crippen molar-refractivity contribution in [3.05, 3.63) is 24.5 Å². The fraction of sp³-hybridized carbons (Fsp3) is 0.545. The quantitative estimate of drug-likeness (QED) is 0.719. The van der Waals surface area contributed by atoms with E-state index in [4.69, 9.17) is 0 Å². The van der Waals surface area contributed by atoms with Crippen LogP contribution >= 0.6 is 0 Å². The van der Waals surface area contributed by atoms with Gasteiger partial charge in [-0.2, -0.15) is 0 Å². The molecule has 1 aromatic rings. The van der Waals surface area contributed by atoms with Crippen molar-refractivity contribution >= 4 is 5.91 Å². The van der Waals surface area contributed by atoms with Gasteiger partial charge < -0.3 is 9.47 Å². The molecule has 3 heteroatoms. The molecule has 2 rings (SSSR count). The summed E-state index contributed by atoms with van der Waals surface area (Å²) in [6.07, 6.45) is 6.98. The smallest absolute Gasteiger partial charge is 0.224 e. The van der Waals surface area contributed by atoms with Crippen LogP contribution in [0.5, 0.6) is 0 Å². The maximum absolute atomic E-state index is 11.6. The molecule has 1 aliphatic heterocycles. The average molecular weight is 192 g/mol. The molecule has 0 spiro atoms. The molecule has 76 valence electrons. The van der Waals surface area contributed by atoms with Crippen molar-refractivity contribution in [1.29, 1.82) is 0 Å². The summed E-state index contributed by atoms with van der Waals surface area (Å²) in [7, 11) is 0. The Morgan fingerprint density at radius 3 is 2.64 bits per heavy atom. The van der Waals surface area contributed by atoms with Crippen LogP contribution < -0.4 is 0 Å². The van der Waals surface area contributed by atoms with Crippen LogP contribution in [-0.2, 0) is 4.79 Å². The van der Waals surface area contributed by atoms with E-state index >= 15 is 0 Å². The Bertz CT molecular complexity index is 305. The summed E-state index contributed by atoms with van der Waals surface area (Å²) in [6, 6.07) is 4.01. The minimum atomic E-state index is 0.222. The molecular formula is C11H16N2O. The molecule has 1 amide bonds. The summed E-state index contributed by atoms with van der Waals surface area (Å²) < 4.78 is 2.11. The molecule has 1 saturated heterocycles. The first-order valence-electron chi connectivity index (χ1n) is 5.25. The number of carbonyl (C=O) groups excluding carboxylic acids is 1. The lowest BCUT2D eigenvalue weighted by atomic mass is 10.3. The number of nitrogens with zero attached hydrogens (tertiary/aromatic N) is 2. The highest BCUT2D eigenvalue weighted by atomic mass is 16.2. The molecule has 1 aliphatic rings. The maximum Gasteiger partial charge on any atom is 0.224 e. The molecule has 2 heterocycles. The lowest BCUT2D eigenvalue weighted by molar-refractivity contribution is -0.131. The van der Waals surface area contributed by atoms with E-state index < -0.39 is 0 Å². The van der Waals surface area contributed by atoms with Gasteiger partial charge in [0, 0.05) is 25.4 Å². The van der Waals surface area contributed by atoms with Gasteiger partial charge in [-0.25, -0.2) is 0 Å². The fourth-order valence-electron chi connectivity index (χ4n) is 2.12. The van der Waals surface area contributed by atoms with E-state index in [9.17, 15) is 4.79 Å². The van der Waals surface area contributed by atoms with Gasteiger partial charge in [-0.3, -0.25) is 4.79 Å². The van der Waals surface area contributed by atoms with Crippen LogP contribution in [0.15, 0.2) is 24.5 Å². The van der Waals surface area contributed by atoms with Crippen LogP contribution in [-0.4, -0.2) is 21.9 Å². The molecule has 0 bridgehead atoms. The van der Waals surface area contributed by atoms with Crippen LogP contribution in [0.2, 0.25) is 0 Å². The van der Waals surface area contributed by atoms with E-state index in [-0.39, 0.29) is 6.17 Å². The first-order chi connectivity index (χ1) is 6.83. The minimum absolute atomic E-state index is 0.222. The van der Waals surface area contributed by atoms with Gasteiger partial charge in [0.2, 0.25) is 5.91 Å². The van der Waals surface area contributed by atoms with Gasteiger partial charge in [0.15, 0.2) is 0 Å². The molecule has 1 fully saturated rings. The highest BCUT2D eigenvalue weighted by molar-refractivity contribution is 5.78. The van der Waals surface area contributed by atoms with Crippen molar-refractivity contribution in [2.45, 2.75) is 32.4 Å². The molecule has 1 aromatic heterocycles. The van der Waals surface area contributed by atoms with Crippen LogP contribution in [0.4, 0.5) is 0 Å². The average Bonchev–Trinajstić information content (AvgIpc) is 2.80. The molecule has 14 heavy (non-hydrogen) atoms. The second kappa shape index (κ2) is 3.86. The van der Waals surface area contributed by atoms with Gasteiger partial charge in [-0.15, -0.1) is 0 Å². The Labute approximate surface area is 84.3 Å². The van der Waals surface area contributed by atoms with Gasteiger partial charge in [-0.05, 0) is 25.0 Å². The number of likely N-dealkylation sites (tertiary alicyclic amines) is 1. The van der Waals surface area contributed by atoms with Crippen LogP contribution in [0.1, 0.15) is 32.4 Å². The fourth-order valence-corrected chi connectivity index (χ4v) is 2.12. The van der Waals surface area contributed by atoms with Crippen LogP contribution in [0.25, 0.3) is 0 Å². The van der Waals surface area contributed by atoms with Crippen molar-refractivity contribution in [1.82, 2.24) is 9.47 Å². The van der Waals surface area contributed by atoms with Crippen molar-refractivity contribution in [3.63, 3.8) is 0 Å². The third kappa shape index (κ3) is 1.54. The van der Waals surface area contributed by atoms with Crippen molar-refractivity contribution < 1.29 is 4.79 Å². The van der Waals surface area contributed by atoms with E-state index in [2.05, 4.69) is 11.5 Å². The number of amides is 1. The largest absolute Gasteiger partial charge is 0.334 e. The SMILES string of the molecule is CCC(N1CCCC1=O)n1cccc1. The zero-order valence-electron chi connectivity index (χ0n) is 8.52. The van der Waals surface area contributed by atoms with Crippen molar-refractivity contribution in [2.75, 3.05) is 6.54 Å². The first kappa shape index (κ1) is 9.31. The number of hydrogen-bond acceptors (Lipinski definition) is 1. The van der Waals surface area contributed by atoms with Gasteiger partial charge in [-0.1, -0.05) is 6.92 Å². The predicted octanol–water partition coefficient (Wildman–Crippen LogP) is 2.02. The highest BCUT2D eigenvalue weighted by Gasteiger charge is 2.27. The minimum Gasteiger partial charge on any atom is -0.334 e. The van der Waals surface area contributed by atoms with E-state index in [0.29, 0.717) is 5.91 Å². The Hall–Kier alpha value is -1.25. The molecule has 1 atom stereocenters. The van der Waals surface area contributed by atoms with Crippen LogP contribution in [0, 0.1) is 0 Å². The molecule has 0 saturated carbocycles. The molecule has 0 N–H and O–H groups in total. The summed E-state index contributed by atoms with van der Waals surface area (Å²) >= 11 is 0. The standard InChI is InChI=1S/C11H16N2O/c1-2-10(12-7-3-4-8-12)13-9-5-6-11(13)14/h3-4,7-8,10H,2,5-6,9H2,1H3. The number of aromatic nitrogens is 1. The van der Waals surface area contributed by atoms with Crippen molar-refractivity contribution in [2.24, 2.45) is 0 Å². The molecule has 0 aromatic carbocycles. The summed E-state index contributed by atoms with van der Waals surface area (Å²) in [5.41, 5.74) is 0. The predicted molar refractivity (Wildman–Crippen MR) is 54.7 cm³/mol. The Kier molecular flexibility index (Phi) is 2.57. The molecular weight excluding hydrogens is 176 g/mol. The molecule has 1 unspecified atom stereocenters. The normalized spacial score (nSPS) is 18.9. The molecule has 3 nitrogen and oxygen atoms in total. The third-order valence-electron chi connectivity index (χ3n) is 2.81. The second-order valence-electron chi connectivity index (χ2n) is 3.71.